The highest BCUT2D eigenvalue weighted by Gasteiger charge is 2.47. The maximum Gasteiger partial charge on any atom is 0.324 e. The molecule has 6 heteroatoms. The Morgan fingerprint density at radius 2 is 1.32 bits per heavy atom. The van der Waals surface area contributed by atoms with Crippen molar-refractivity contribution in [3.63, 3.8) is 0 Å². The van der Waals surface area contributed by atoms with Crippen LogP contribution in [0.2, 0.25) is 0 Å². The molecule has 0 saturated carbocycles. The van der Waals surface area contributed by atoms with E-state index in [-0.39, 0.29) is 19.4 Å². The molecule has 0 unspecified atom stereocenters. The molecule has 2 aromatic carbocycles. The van der Waals surface area contributed by atoms with Crippen LogP contribution in [-0.2, 0) is 27.2 Å². The molecule has 25 heavy (non-hydrogen) atoms. The van der Waals surface area contributed by atoms with Crippen molar-refractivity contribution < 1.29 is 28.2 Å². The molecule has 0 atom stereocenters. The summed E-state index contributed by atoms with van der Waals surface area (Å²) in [6.07, 6.45) is -0.336. The molecule has 0 saturated heterocycles. The molecule has 0 radical (unpaired) electrons. The molecule has 0 fully saturated rings. The lowest BCUT2D eigenvalue weighted by Gasteiger charge is -2.27. The number of hydrogen-bond acceptors (Lipinski definition) is 3. The summed E-state index contributed by atoms with van der Waals surface area (Å²) in [6.45, 7) is 1.61. The second-order valence-electron chi connectivity index (χ2n) is 5.71. The Hall–Kier alpha value is -2.76. The Morgan fingerprint density at radius 3 is 1.64 bits per heavy atom. The van der Waals surface area contributed by atoms with Crippen molar-refractivity contribution in [1.82, 2.24) is 0 Å². The molecule has 0 aromatic heterocycles. The standard InChI is InChI=1S/C19H18F2O4/c1-2-25-18(24)19(17(22)23,11-13-3-7-15(20)8-4-13)12-14-5-9-16(21)10-6-14/h3-10H,2,11-12H2,1H3,(H,22,23). The highest BCUT2D eigenvalue weighted by atomic mass is 19.1. The Bertz CT molecular complexity index is 692. The first-order chi connectivity index (χ1) is 11.9. The number of carbonyl (C=O) groups excluding carboxylic acids is 1. The van der Waals surface area contributed by atoms with Gasteiger partial charge in [-0.2, -0.15) is 0 Å². The van der Waals surface area contributed by atoms with Crippen LogP contribution in [0.1, 0.15) is 18.1 Å². The van der Waals surface area contributed by atoms with Gasteiger partial charge in [0.25, 0.3) is 0 Å². The molecule has 4 nitrogen and oxygen atoms in total. The molecular weight excluding hydrogens is 330 g/mol. The predicted octanol–water partition coefficient (Wildman–Crippen LogP) is 3.38. The lowest BCUT2D eigenvalue weighted by molar-refractivity contribution is -0.168. The van der Waals surface area contributed by atoms with Gasteiger partial charge in [-0.05, 0) is 55.2 Å². The van der Waals surface area contributed by atoms with Crippen LogP contribution in [0.4, 0.5) is 8.78 Å². The zero-order valence-electron chi connectivity index (χ0n) is 13.7. The van der Waals surface area contributed by atoms with Crippen LogP contribution in [0.5, 0.6) is 0 Å². The van der Waals surface area contributed by atoms with Crippen molar-refractivity contribution in [1.29, 1.82) is 0 Å². The van der Waals surface area contributed by atoms with Crippen LogP contribution in [0.3, 0.4) is 0 Å². The zero-order chi connectivity index (χ0) is 18.4. The third-order valence-electron chi connectivity index (χ3n) is 3.91. The lowest BCUT2D eigenvalue weighted by atomic mass is 9.76. The fraction of sp³-hybridized carbons (Fsp3) is 0.263. The summed E-state index contributed by atoms with van der Waals surface area (Å²) in [7, 11) is 0. The van der Waals surface area contributed by atoms with E-state index in [1.54, 1.807) is 6.92 Å². The van der Waals surface area contributed by atoms with E-state index in [9.17, 15) is 23.5 Å². The molecule has 0 amide bonds. The molecule has 0 aliphatic rings. The number of esters is 1. The summed E-state index contributed by atoms with van der Waals surface area (Å²) in [5.41, 5.74) is -0.913. The average Bonchev–Trinajstić information content (AvgIpc) is 2.58. The lowest BCUT2D eigenvalue weighted by Crippen LogP contribution is -2.44. The number of aliphatic carboxylic acids is 1. The van der Waals surface area contributed by atoms with E-state index < -0.39 is 29.0 Å². The number of carboxylic acids is 1. The van der Waals surface area contributed by atoms with E-state index in [1.165, 1.54) is 48.5 Å². The second kappa shape index (κ2) is 7.88. The zero-order valence-corrected chi connectivity index (χ0v) is 13.7. The minimum absolute atomic E-state index is 0.0285. The van der Waals surface area contributed by atoms with Crippen molar-refractivity contribution in [3.05, 3.63) is 71.3 Å². The van der Waals surface area contributed by atoms with Crippen LogP contribution >= 0.6 is 0 Å². The third kappa shape index (κ3) is 4.41. The summed E-state index contributed by atoms with van der Waals surface area (Å²) in [6, 6.07) is 10.5. The Kier molecular flexibility index (Phi) is 5.85. The highest BCUT2D eigenvalue weighted by molar-refractivity contribution is 5.99. The van der Waals surface area contributed by atoms with Gasteiger partial charge in [-0.15, -0.1) is 0 Å². The summed E-state index contributed by atoms with van der Waals surface area (Å²) >= 11 is 0. The van der Waals surface area contributed by atoms with Gasteiger partial charge in [-0.3, -0.25) is 9.59 Å². The van der Waals surface area contributed by atoms with Gasteiger partial charge in [0, 0.05) is 0 Å². The molecule has 0 aliphatic heterocycles. The van der Waals surface area contributed by atoms with Gasteiger partial charge in [0.15, 0.2) is 5.41 Å². The molecule has 0 aliphatic carbocycles. The number of carboxylic acid groups (broad SMARTS) is 1. The van der Waals surface area contributed by atoms with Crippen LogP contribution in [0.15, 0.2) is 48.5 Å². The van der Waals surface area contributed by atoms with Crippen molar-refractivity contribution in [3.8, 4) is 0 Å². The summed E-state index contributed by atoms with van der Waals surface area (Å²) in [5.74, 6) is -3.14. The van der Waals surface area contributed by atoms with E-state index in [1.807, 2.05) is 0 Å². The van der Waals surface area contributed by atoms with Gasteiger partial charge in [-0.25, -0.2) is 8.78 Å². The van der Waals surface area contributed by atoms with Gasteiger partial charge in [-0.1, -0.05) is 24.3 Å². The topological polar surface area (TPSA) is 63.6 Å². The smallest absolute Gasteiger partial charge is 0.324 e. The van der Waals surface area contributed by atoms with Gasteiger partial charge in [0.1, 0.15) is 11.6 Å². The fourth-order valence-electron chi connectivity index (χ4n) is 2.62. The molecular formula is C19H18F2O4. The number of benzene rings is 2. The highest BCUT2D eigenvalue weighted by Crippen LogP contribution is 2.31. The number of rotatable bonds is 7. The van der Waals surface area contributed by atoms with Crippen molar-refractivity contribution in [2.45, 2.75) is 19.8 Å². The fourth-order valence-corrected chi connectivity index (χ4v) is 2.62. The molecule has 2 aromatic rings. The molecule has 2 rings (SSSR count). The summed E-state index contributed by atoms with van der Waals surface area (Å²) in [4.78, 5) is 24.5. The van der Waals surface area contributed by atoms with Crippen LogP contribution in [-0.4, -0.2) is 23.7 Å². The van der Waals surface area contributed by atoms with Crippen LogP contribution in [0, 0.1) is 17.0 Å². The van der Waals surface area contributed by atoms with E-state index in [4.69, 9.17) is 4.74 Å². The van der Waals surface area contributed by atoms with Gasteiger partial charge >= 0.3 is 11.9 Å². The van der Waals surface area contributed by atoms with Gasteiger partial charge in [0.2, 0.25) is 0 Å². The summed E-state index contributed by atoms with van der Waals surface area (Å²) in [5, 5.41) is 9.80. The maximum absolute atomic E-state index is 13.1. The maximum atomic E-state index is 13.1. The Labute approximate surface area is 144 Å². The van der Waals surface area contributed by atoms with E-state index in [2.05, 4.69) is 0 Å². The Morgan fingerprint density at radius 1 is 0.920 bits per heavy atom. The number of halogens is 2. The largest absolute Gasteiger partial charge is 0.480 e. The first kappa shape index (κ1) is 18.6. The minimum atomic E-state index is -1.88. The number of carbonyl (C=O) groups is 2. The third-order valence-corrected chi connectivity index (χ3v) is 3.91. The minimum Gasteiger partial charge on any atom is -0.480 e. The molecule has 0 heterocycles. The average molecular weight is 348 g/mol. The quantitative estimate of drug-likeness (QED) is 0.615. The van der Waals surface area contributed by atoms with Crippen molar-refractivity contribution in [2.75, 3.05) is 6.61 Å². The van der Waals surface area contributed by atoms with Crippen molar-refractivity contribution >= 4 is 11.9 Å². The molecule has 0 spiro atoms. The monoisotopic (exact) mass is 348 g/mol. The predicted molar refractivity (Wildman–Crippen MR) is 86.9 cm³/mol. The van der Waals surface area contributed by atoms with E-state index in [0.29, 0.717) is 11.1 Å². The van der Waals surface area contributed by atoms with E-state index in [0.717, 1.165) is 0 Å². The van der Waals surface area contributed by atoms with Gasteiger partial charge in [0.05, 0.1) is 6.61 Å². The van der Waals surface area contributed by atoms with E-state index >= 15 is 0 Å². The second-order valence-corrected chi connectivity index (χ2v) is 5.71. The SMILES string of the molecule is CCOC(=O)C(Cc1ccc(F)cc1)(Cc1ccc(F)cc1)C(=O)O. The number of hydrogen-bond donors (Lipinski definition) is 1. The molecule has 0 bridgehead atoms. The van der Waals surface area contributed by atoms with Crippen LogP contribution in [0.25, 0.3) is 0 Å². The molecule has 1 N–H and O–H groups in total. The first-order valence-corrected chi connectivity index (χ1v) is 7.77. The van der Waals surface area contributed by atoms with Crippen LogP contribution < -0.4 is 0 Å². The number of ether oxygens (including phenoxy) is 1. The normalized spacial score (nSPS) is 11.2. The first-order valence-electron chi connectivity index (χ1n) is 7.77. The Balaban J connectivity index is 2.43. The van der Waals surface area contributed by atoms with Crippen molar-refractivity contribution in [2.24, 2.45) is 5.41 Å². The molecule has 132 valence electrons. The summed E-state index contributed by atoms with van der Waals surface area (Å²) < 4.78 is 31.2. The van der Waals surface area contributed by atoms with Gasteiger partial charge < -0.3 is 9.84 Å².